The molecule has 0 aliphatic carbocycles. The summed E-state index contributed by atoms with van der Waals surface area (Å²) in [5.74, 6) is 0. The molecule has 0 atom stereocenters. The molecule has 1 rings (SSSR count). The number of hydrogen-bond acceptors (Lipinski definition) is 0. The van der Waals surface area contributed by atoms with Gasteiger partial charge in [0.2, 0.25) is 0 Å². The van der Waals surface area contributed by atoms with E-state index in [9.17, 15) is 4.39 Å². The van der Waals surface area contributed by atoms with Crippen molar-refractivity contribution in [2.75, 3.05) is 0 Å². The van der Waals surface area contributed by atoms with Crippen LogP contribution in [0.4, 0.5) is 4.39 Å². The fourth-order valence-corrected chi connectivity index (χ4v) is 0.607. The molecule has 0 aliphatic rings. The number of benzene rings is 1. The first-order valence-electron chi connectivity index (χ1n) is 2.73. The minimum atomic E-state index is -0.416. The van der Waals surface area contributed by atoms with E-state index in [1.165, 1.54) is 0 Å². The minimum Gasteiger partial charge on any atom is -0.246 e. The fourth-order valence-electron chi connectivity index (χ4n) is 0.607. The number of rotatable bonds is 1. The van der Waals surface area contributed by atoms with Crippen molar-refractivity contribution >= 4 is 13.3 Å². The van der Waals surface area contributed by atoms with Gasteiger partial charge in [0.05, 0.1) is 0 Å². The second-order valence-electron chi connectivity index (χ2n) is 1.88. The van der Waals surface area contributed by atoms with Crippen LogP contribution in [0.15, 0.2) is 24.3 Å². The van der Waals surface area contributed by atoms with Crippen molar-refractivity contribution in [3.8, 4) is 0 Å². The van der Waals surface area contributed by atoms with Gasteiger partial charge in [-0.2, -0.15) is 0 Å². The summed E-state index contributed by atoms with van der Waals surface area (Å²) in [6.07, 6.45) is 0. The first kappa shape index (κ1) is 6.34. The summed E-state index contributed by atoms with van der Waals surface area (Å²) < 4.78 is 11.8. The summed E-state index contributed by atoms with van der Waals surface area (Å²) in [5, 5.41) is 0. The highest BCUT2D eigenvalue weighted by atomic mass is 19.1. The molecule has 0 fully saturated rings. The van der Waals surface area contributed by atoms with Gasteiger partial charge < -0.3 is 0 Å². The molecule has 0 bridgehead atoms. The van der Waals surface area contributed by atoms with Crippen LogP contribution in [-0.2, 0) is 6.67 Å². The molecule has 0 spiro atoms. The fraction of sp³-hybridized carbons (Fsp3) is 0.143. The molecule has 0 N–H and O–H groups in total. The molecule has 0 amide bonds. The van der Waals surface area contributed by atoms with Crippen LogP contribution in [0, 0.1) is 0 Å². The third-order valence-corrected chi connectivity index (χ3v) is 1.13. The van der Waals surface area contributed by atoms with E-state index in [0.717, 1.165) is 0 Å². The Labute approximate surface area is 55.1 Å². The highest BCUT2D eigenvalue weighted by Gasteiger charge is 1.86. The molecule has 0 aromatic heterocycles. The average Bonchev–Trinajstić information content (AvgIpc) is 1.90. The van der Waals surface area contributed by atoms with Gasteiger partial charge in [-0.15, -0.1) is 0 Å². The normalized spacial score (nSPS) is 9.44. The van der Waals surface area contributed by atoms with Gasteiger partial charge in [-0.3, -0.25) is 0 Å². The van der Waals surface area contributed by atoms with E-state index in [1.54, 1.807) is 24.3 Å². The Balaban J connectivity index is 2.88. The summed E-state index contributed by atoms with van der Waals surface area (Å²) in [5.41, 5.74) is 1.34. The SMILES string of the molecule is [B]c1ccc(CF)cc1. The molecule has 0 saturated carbocycles. The predicted octanol–water partition coefficient (Wildman–Crippen LogP) is 0.950. The van der Waals surface area contributed by atoms with Crippen LogP contribution in [-0.4, -0.2) is 7.85 Å². The zero-order chi connectivity index (χ0) is 6.69. The standard InChI is InChI=1S/C7H6BF/c8-7-3-1-6(5-9)2-4-7/h1-4H,5H2. The molecule has 0 saturated heterocycles. The van der Waals surface area contributed by atoms with Crippen LogP contribution in [0.25, 0.3) is 0 Å². The maximum absolute atomic E-state index is 11.8. The number of halogens is 1. The molecular weight excluding hydrogens is 114 g/mol. The van der Waals surface area contributed by atoms with E-state index in [4.69, 9.17) is 7.85 Å². The van der Waals surface area contributed by atoms with Crippen LogP contribution in [0.2, 0.25) is 0 Å². The Morgan fingerprint density at radius 3 is 2.22 bits per heavy atom. The van der Waals surface area contributed by atoms with Gasteiger partial charge in [0.25, 0.3) is 0 Å². The van der Waals surface area contributed by atoms with Gasteiger partial charge >= 0.3 is 0 Å². The van der Waals surface area contributed by atoms with Gasteiger partial charge in [-0.25, -0.2) is 4.39 Å². The molecule has 0 nitrogen and oxygen atoms in total. The molecule has 0 aliphatic heterocycles. The van der Waals surface area contributed by atoms with Gasteiger partial charge in [0, 0.05) is 0 Å². The van der Waals surface area contributed by atoms with Crippen LogP contribution in [0.3, 0.4) is 0 Å². The predicted molar refractivity (Wildman–Crippen MR) is 36.6 cm³/mol. The van der Waals surface area contributed by atoms with E-state index < -0.39 is 6.67 Å². The first-order chi connectivity index (χ1) is 4.33. The molecule has 44 valence electrons. The van der Waals surface area contributed by atoms with E-state index >= 15 is 0 Å². The second-order valence-corrected chi connectivity index (χ2v) is 1.88. The van der Waals surface area contributed by atoms with Crippen LogP contribution >= 0.6 is 0 Å². The van der Waals surface area contributed by atoms with Crippen LogP contribution in [0.5, 0.6) is 0 Å². The monoisotopic (exact) mass is 120 g/mol. The largest absolute Gasteiger partial charge is 0.246 e. The lowest BCUT2D eigenvalue weighted by molar-refractivity contribution is 0.485. The van der Waals surface area contributed by atoms with Crippen molar-refractivity contribution in [2.24, 2.45) is 0 Å². The molecule has 0 unspecified atom stereocenters. The third-order valence-electron chi connectivity index (χ3n) is 1.13. The molecule has 0 heterocycles. The number of hydrogen-bond donors (Lipinski definition) is 0. The summed E-state index contributed by atoms with van der Waals surface area (Å²) in [7, 11) is 5.36. The van der Waals surface area contributed by atoms with Crippen molar-refractivity contribution in [1.82, 2.24) is 0 Å². The lowest BCUT2D eigenvalue weighted by atomic mass is 9.96. The maximum Gasteiger partial charge on any atom is 0.115 e. The molecule has 1 aromatic rings. The molecule has 1 aromatic carbocycles. The van der Waals surface area contributed by atoms with Crippen molar-refractivity contribution in [3.63, 3.8) is 0 Å². The number of alkyl halides is 1. The third kappa shape index (κ3) is 1.56. The highest BCUT2D eigenvalue weighted by Crippen LogP contribution is 1.96. The van der Waals surface area contributed by atoms with Crippen LogP contribution in [0.1, 0.15) is 5.56 Å². The topological polar surface area (TPSA) is 0 Å². The zero-order valence-corrected chi connectivity index (χ0v) is 4.97. The Morgan fingerprint density at radius 1 is 1.22 bits per heavy atom. The zero-order valence-electron chi connectivity index (χ0n) is 4.97. The van der Waals surface area contributed by atoms with Gasteiger partial charge in [0.15, 0.2) is 0 Å². The van der Waals surface area contributed by atoms with E-state index in [0.29, 0.717) is 11.0 Å². The Bertz CT molecular complexity index is 181. The van der Waals surface area contributed by atoms with Crippen LogP contribution < -0.4 is 5.46 Å². The van der Waals surface area contributed by atoms with Crippen molar-refractivity contribution in [3.05, 3.63) is 29.8 Å². The summed E-state index contributed by atoms with van der Waals surface area (Å²) in [6, 6.07) is 6.73. The summed E-state index contributed by atoms with van der Waals surface area (Å²) in [6.45, 7) is -0.416. The van der Waals surface area contributed by atoms with Gasteiger partial charge in [-0.05, 0) is 5.56 Å². The average molecular weight is 120 g/mol. The Hall–Kier alpha value is -0.785. The summed E-state index contributed by atoms with van der Waals surface area (Å²) >= 11 is 0. The first-order valence-corrected chi connectivity index (χ1v) is 2.73. The van der Waals surface area contributed by atoms with Crippen molar-refractivity contribution in [1.29, 1.82) is 0 Å². The molecule has 9 heavy (non-hydrogen) atoms. The van der Waals surface area contributed by atoms with E-state index in [2.05, 4.69) is 0 Å². The van der Waals surface area contributed by atoms with Crippen molar-refractivity contribution in [2.45, 2.75) is 6.67 Å². The van der Waals surface area contributed by atoms with Gasteiger partial charge in [0.1, 0.15) is 14.5 Å². The molecule has 2 radical (unpaired) electrons. The van der Waals surface area contributed by atoms with Gasteiger partial charge in [-0.1, -0.05) is 29.7 Å². The highest BCUT2D eigenvalue weighted by molar-refractivity contribution is 6.32. The van der Waals surface area contributed by atoms with E-state index in [1.807, 2.05) is 0 Å². The molecular formula is C7H6BF. The lowest BCUT2D eigenvalue weighted by Gasteiger charge is -1.92. The molecule has 2 heteroatoms. The Morgan fingerprint density at radius 2 is 1.78 bits per heavy atom. The minimum absolute atomic E-state index is 0.416. The maximum atomic E-state index is 11.8. The smallest absolute Gasteiger partial charge is 0.115 e. The quantitative estimate of drug-likeness (QED) is 0.484. The second kappa shape index (κ2) is 2.67. The van der Waals surface area contributed by atoms with E-state index in [-0.39, 0.29) is 0 Å². The Kier molecular flexibility index (Phi) is 1.88. The summed E-state index contributed by atoms with van der Waals surface area (Å²) in [4.78, 5) is 0. The lowest BCUT2D eigenvalue weighted by Crippen LogP contribution is -1.99. The van der Waals surface area contributed by atoms with Crippen molar-refractivity contribution < 1.29 is 4.39 Å².